The van der Waals surface area contributed by atoms with Crippen LogP contribution in [0.1, 0.15) is 70.5 Å². The average molecular weight is 390 g/mol. The molecule has 1 heterocycles. The molecule has 0 bridgehead atoms. The lowest BCUT2D eigenvalue weighted by molar-refractivity contribution is 0.0921. The number of benzene rings is 2. The molecule has 152 valence electrons. The third-order valence-electron chi connectivity index (χ3n) is 5.62. The minimum Gasteiger partial charge on any atom is -0.456 e. The third kappa shape index (κ3) is 4.97. The topological polar surface area (TPSA) is 42.2 Å². The average Bonchev–Trinajstić information content (AvgIpc) is 3.12. The fourth-order valence-corrected chi connectivity index (χ4v) is 3.38. The molecule has 29 heavy (non-hydrogen) atoms. The molecule has 0 fully saturated rings. The SMILES string of the molecule is Cc1ccc(C(C)(C)C)cc1Cc1ccc(C(=O)NCc2cccc(C)c2C)o1. The Balaban J connectivity index is 1.69. The van der Waals surface area contributed by atoms with Gasteiger partial charge in [-0.1, -0.05) is 57.2 Å². The summed E-state index contributed by atoms with van der Waals surface area (Å²) in [6.07, 6.45) is 0.681. The minimum absolute atomic E-state index is 0.102. The van der Waals surface area contributed by atoms with Crippen molar-refractivity contribution in [2.24, 2.45) is 0 Å². The zero-order chi connectivity index (χ0) is 21.2. The van der Waals surface area contributed by atoms with Gasteiger partial charge in [0.15, 0.2) is 5.76 Å². The zero-order valence-corrected chi connectivity index (χ0v) is 18.3. The lowest BCUT2D eigenvalue weighted by Gasteiger charge is -2.20. The van der Waals surface area contributed by atoms with E-state index in [1.807, 2.05) is 18.2 Å². The van der Waals surface area contributed by atoms with Gasteiger partial charge in [-0.3, -0.25) is 4.79 Å². The number of amides is 1. The summed E-state index contributed by atoms with van der Waals surface area (Å²) in [4.78, 5) is 12.5. The van der Waals surface area contributed by atoms with Crippen LogP contribution in [0.2, 0.25) is 0 Å². The van der Waals surface area contributed by atoms with Gasteiger partial charge in [0.2, 0.25) is 0 Å². The fraction of sp³-hybridized carbons (Fsp3) is 0.346. The highest BCUT2D eigenvalue weighted by molar-refractivity contribution is 5.91. The van der Waals surface area contributed by atoms with Crippen LogP contribution in [0.4, 0.5) is 0 Å². The molecule has 0 spiro atoms. The van der Waals surface area contributed by atoms with Gasteiger partial charge in [0.25, 0.3) is 5.91 Å². The lowest BCUT2D eigenvalue weighted by atomic mass is 9.85. The van der Waals surface area contributed by atoms with Crippen molar-refractivity contribution in [1.82, 2.24) is 5.32 Å². The Morgan fingerprint density at radius 1 is 0.931 bits per heavy atom. The molecule has 0 saturated carbocycles. The molecule has 2 aromatic carbocycles. The van der Waals surface area contributed by atoms with Gasteiger partial charge < -0.3 is 9.73 Å². The number of hydrogen-bond donors (Lipinski definition) is 1. The first-order chi connectivity index (χ1) is 13.6. The first-order valence-corrected chi connectivity index (χ1v) is 10.2. The standard InChI is InChI=1S/C26H31NO2/c1-17-8-7-9-20(19(17)3)16-27-25(28)24-13-12-23(29-24)15-21-14-22(26(4,5)6)11-10-18(21)2/h7-14H,15-16H2,1-6H3,(H,27,28). The third-order valence-corrected chi connectivity index (χ3v) is 5.62. The molecular formula is C26H31NO2. The monoisotopic (exact) mass is 389 g/mol. The Kier molecular flexibility index (Phi) is 5.97. The highest BCUT2D eigenvalue weighted by Gasteiger charge is 2.16. The summed E-state index contributed by atoms with van der Waals surface area (Å²) in [6.45, 7) is 13.4. The van der Waals surface area contributed by atoms with E-state index in [4.69, 9.17) is 4.42 Å². The number of hydrogen-bond acceptors (Lipinski definition) is 2. The van der Waals surface area contributed by atoms with E-state index in [0.29, 0.717) is 18.7 Å². The summed E-state index contributed by atoms with van der Waals surface area (Å²) in [5, 5.41) is 2.97. The summed E-state index contributed by atoms with van der Waals surface area (Å²) in [5.41, 5.74) is 7.43. The number of rotatable bonds is 5. The van der Waals surface area contributed by atoms with E-state index in [0.717, 1.165) is 11.3 Å². The molecule has 1 N–H and O–H groups in total. The molecule has 0 aliphatic carbocycles. The molecule has 0 radical (unpaired) electrons. The molecule has 0 unspecified atom stereocenters. The van der Waals surface area contributed by atoms with Crippen molar-refractivity contribution >= 4 is 5.91 Å². The van der Waals surface area contributed by atoms with Crippen molar-refractivity contribution in [2.75, 3.05) is 0 Å². The zero-order valence-electron chi connectivity index (χ0n) is 18.3. The first-order valence-electron chi connectivity index (χ1n) is 10.2. The van der Waals surface area contributed by atoms with Crippen molar-refractivity contribution in [3.8, 4) is 0 Å². The predicted octanol–water partition coefficient (Wildman–Crippen LogP) is 6.02. The smallest absolute Gasteiger partial charge is 0.287 e. The molecular weight excluding hydrogens is 358 g/mol. The van der Waals surface area contributed by atoms with E-state index in [9.17, 15) is 4.79 Å². The molecule has 0 aliphatic rings. The van der Waals surface area contributed by atoms with Gasteiger partial charge in [-0.25, -0.2) is 0 Å². The van der Waals surface area contributed by atoms with E-state index in [-0.39, 0.29) is 11.3 Å². The second-order valence-corrected chi connectivity index (χ2v) is 8.88. The summed E-state index contributed by atoms with van der Waals surface area (Å²) in [7, 11) is 0. The van der Waals surface area contributed by atoms with Crippen LogP contribution in [0.3, 0.4) is 0 Å². The van der Waals surface area contributed by atoms with Gasteiger partial charge in [-0.05, 0) is 71.7 Å². The van der Waals surface area contributed by atoms with Gasteiger partial charge in [0.1, 0.15) is 5.76 Å². The van der Waals surface area contributed by atoms with Crippen LogP contribution in [-0.4, -0.2) is 5.91 Å². The molecule has 3 rings (SSSR count). The maximum absolute atomic E-state index is 12.5. The van der Waals surface area contributed by atoms with Crippen molar-refractivity contribution in [1.29, 1.82) is 0 Å². The van der Waals surface area contributed by atoms with Crippen LogP contribution >= 0.6 is 0 Å². The fourth-order valence-electron chi connectivity index (χ4n) is 3.38. The molecule has 3 aromatic rings. The maximum atomic E-state index is 12.5. The van der Waals surface area contributed by atoms with Gasteiger partial charge in [0, 0.05) is 13.0 Å². The van der Waals surface area contributed by atoms with E-state index in [1.165, 1.54) is 27.8 Å². The van der Waals surface area contributed by atoms with Crippen LogP contribution in [0.5, 0.6) is 0 Å². The van der Waals surface area contributed by atoms with E-state index < -0.39 is 0 Å². The Hall–Kier alpha value is -2.81. The molecule has 0 atom stereocenters. The van der Waals surface area contributed by atoms with Gasteiger partial charge in [0.05, 0.1) is 0 Å². The summed E-state index contributed by atoms with van der Waals surface area (Å²) < 4.78 is 5.86. The second-order valence-electron chi connectivity index (χ2n) is 8.88. The van der Waals surface area contributed by atoms with Gasteiger partial charge >= 0.3 is 0 Å². The molecule has 3 heteroatoms. The second kappa shape index (κ2) is 8.28. The lowest BCUT2D eigenvalue weighted by Crippen LogP contribution is -2.22. The first kappa shape index (κ1) is 20.9. The molecule has 0 saturated heterocycles. The summed E-state index contributed by atoms with van der Waals surface area (Å²) in [5.74, 6) is 0.975. The van der Waals surface area contributed by atoms with Crippen LogP contribution in [-0.2, 0) is 18.4 Å². The largest absolute Gasteiger partial charge is 0.456 e. The summed E-state index contributed by atoms with van der Waals surface area (Å²) >= 11 is 0. The predicted molar refractivity (Wildman–Crippen MR) is 118 cm³/mol. The van der Waals surface area contributed by atoms with Crippen molar-refractivity contribution in [2.45, 2.75) is 59.9 Å². The Labute approximate surface area is 174 Å². The highest BCUT2D eigenvalue weighted by Crippen LogP contribution is 2.26. The van der Waals surface area contributed by atoms with Crippen molar-refractivity contribution in [3.05, 3.63) is 93.4 Å². The number of carbonyl (C=O) groups excluding carboxylic acids is 1. The van der Waals surface area contributed by atoms with E-state index >= 15 is 0 Å². The van der Waals surface area contributed by atoms with Crippen LogP contribution < -0.4 is 5.32 Å². The normalized spacial score (nSPS) is 11.5. The van der Waals surface area contributed by atoms with Crippen LogP contribution in [0.15, 0.2) is 52.9 Å². The minimum atomic E-state index is -0.183. The van der Waals surface area contributed by atoms with Gasteiger partial charge in [-0.15, -0.1) is 0 Å². The van der Waals surface area contributed by atoms with E-state index in [2.05, 4.69) is 71.1 Å². The summed E-state index contributed by atoms with van der Waals surface area (Å²) in [6, 6.07) is 16.4. The molecule has 1 aromatic heterocycles. The number of aryl methyl sites for hydroxylation is 2. The Morgan fingerprint density at radius 2 is 1.69 bits per heavy atom. The molecule has 1 amide bonds. The number of nitrogens with one attached hydrogen (secondary N) is 1. The quantitative estimate of drug-likeness (QED) is 0.579. The number of furan rings is 1. The van der Waals surface area contributed by atoms with Crippen LogP contribution in [0.25, 0.3) is 0 Å². The number of carbonyl (C=O) groups is 1. The van der Waals surface area contributed by atoms with Crippen LogP contribution in [0, 0.1) is 20.8 Å². The molecule has 3 nitrogen and oxygen atoms in total. The highest BCUT2D eigenvalue weighted by atomic mass is 16.3. The van der Waals surface area contributed by atoms with Crippen molar-refractivity contribution < 1.29 is 9.21 Å². The van der Waals surface area contributed by atoms with E-state index in [1.54, 1.807) is 6.07 Å². The Bertz CT molecular complexity index is 1020. The Morgan fingerprint density at radius 3 is 2.41 bits per heavy atom. The van der Waals surface area contributed by atoms with Gasteiger partial charge in [-0.2, -0.15) is 0 Å². The molecule has 0 aliphatic heterocycles. The van der Waals surface area contributed by atoms with Crippen molar-refractivity contribution in [3.63, 3.8) is 0 Å². The maximum Gasteiger partial charge on any atom is 0.287 e.